The van der Waals surface area contributed by atoms with Gasteiger partial charge in [0, 0.05) is 12.0 Å². The van der Waals surface area contributed by atoms with Crippen LogP contribution in [0.4, 0.5) is 11.8 Å². The third-order valence-electron chi connectivity index (χ3n) is 5.79. The van der Waals surface area contributed by atoms with E-state index in [-0.39, 0.29) is 39.8 Å². The summed E-state index contributed by atoms with van der Waals surface area (Å²) in [5, 5.41) is 20.5. The molecular formula is C23H29N5O6S2. The molecular weight excluding hydrogens is 506 g/mol. The maximum absolute atomic E-state index is 12.6. The number of thioether (sulfide) groups is 2. The third-order valence-corrected chi connectivity index (χ3v) is 9.30. The number of nitrogens with one attached hydrogen (secondary N) is 2. The van der Waals surface area contributed by atoms with Crippen molar-refractivity contribution in [2.75, 3.05) is 23.0 Å². The standard InChI is InChI=1S/C23H29N5O6S2/c24-18-15(20(32)28-22(25)27-18)3-1-10-23(35-11-2-12-36-23)14-6-4-13(5-7-14)19(31)26-16(21(33)34)8-9-17(29)30/h4-7,16H,1-3,8-12H2,(H,26,31)(H,29,30)(H,33,34)(H5,24,25,27,28,32)/t16-/m0/s1. The second-order valence-corrected chi connectivity index (χ2v) is 11.4. The van der Waals surface area contributed by atoms with E-state index in [4.69, 9.17) is 16.6 Å². The number of aromatic amines is 1. The first kappa shape index (κ1) is 27.4. The van der Waals surface area contributed by atoms with Crippen molar-refractivity contribution in [2.45, 2.75) is 48.6 Å². The van der Waals surface area contributed by atoms with Gasteiger partial charge >= 0.3 is 11.9 Å². The summed E-state index contributed by atoms with van der Waals surface area (Å²) in [6.45, 7) is 0. The molecule has 3 rings (SSSR count). The average molecular weight is 536 g/mol. The van der Waals surface area contributed by atoms with E-state index in [0.717, 1.165) is 29.9 Å². The molecule has 11 nitrogen and oxygen atoms in total. The normalized spacial score (nSPS) is 15.7. The second kappa shape index (κ2) is 12.2. The van der Waals surface area contributed by atoms with Crippen molar-refractivity contribution in [3.8, 4) is 0 Å². The third kappa shape index (κ3) is 6.94. The van der Waals surface area contributed by atoms with Crippen LogP contribution < -0.4 is 22.3 Å². The molecule has 0 spiro atoms. The molecule has 2 heterocycles. The van der Waals surface area contributed by atoms with Gasteiger partial charge in [-0.3, -0.25) is 19.4 Å². The van der Waals surface area contributed by atoms with E-state index in [9.17, 15) is 24.3 Å². The Morgan fingerprint density at radius 1 is 1.14 bits per heavy atom. The van der Waals surface area contributed by atoms with Gasteiger partial charge in [-0.2, -0.15) is 4.98 Å². The summed E-state index contributed by atoms with van der Waals surface area (Å²) in [6, 6.07) is 5.72. The molecule has 2 aromatic rings. The van der Waals surface area contributed by atoms with Crippen molar-refractivity contribution < 1.29 is 24.6 Å². The van der Waals surface area contributed by atoms with Gasteiger partial charge in [-0.25, -0.2) is 4.79 Å². The number of aromatic nitrogens is 2. The van der Waals surface area contributed by atoms with Gasteiger partial charge in [0.2, 0.25) is 5.95 Å². The van der Waals surface area contributed by atoms with Crippen LogP contribution in [0, 0.1) is 0 Å². The molecule has 1 saturated heterocycles. The number of H-pyrrole nitrogens is 1. The van der Waals surface area contributed by atoms with Crippen LogP contribution in [0.15, 0.2) is 29.1 Å². The Morgan fingerprint density at radius 2 is 1.81 bits per heavy atom. The number of amides is 1. The quantitative estimate of drug-likeness (QED) is 0.246. The number of hydrogen-bond acceptors (Lipinski definition) is 9. The van der Waals surface area contributed by atoms with Gasteiger partial charge in [0.25, 0.3) is 11.5 Å². The van der Waals surface area contributed by atoms with E-state index in [2.05, 4.69) is 15.3 Å². The number of carboxylic acids is 2. The summed E-state index contributed by atoms with van der Waals surface area (Å²) < 4.78 is -0.263. The predicted molar refractivity (Wildman–Crippen MR) is 140 cm³/mol. The van der Waals surface area contributed by atoms with Gasteiger partial charge in [0.05, 0.1) is 9.64 Å². The maximum Gasteiger partial charge on any atom is 0.326 e. The summed E-state index contributed by atoms with van der Waals surface area (Å²) >= 11 is 3.65. The number of aliphatic carboxylic acids is 2. The van der Waals surface area contributed by atoms with Crippen LogP contribution in [0.2, 0.25) is 0 Å². The van der Waals surface area contributed by atoms with E-state index in [1.807, 2.05) is 35.7 Å². The molecule has 36 heavy (non-hydrogen) atoms. The molecule has 1 aliphatic heterocycles. The largest absolute Gasteiger partial charge is 0.481 e. The number of anilines is 2. The van der Waals surface area contributed by atoms with E-state index in [1.54, 1.807) is 12.1 Å². The predicted octanol–water partition coefficient (Wildman–Crippen LogP) is 2.03. The summed E-state index contributed by atoms with van der Waals surface area (Å²) in [5.41, 5.74) is 12.8. The van der Waals surface area contributed by atoms with Crippen molar-refractivity contribution in [2.24, 2.45) is 0 Å². The average Bonchev–Trinajstić information content (AvgIpc) is 2.83. The minimum absolute atomic E-state index is 0.0169. The zero-order valence-corrected chi connectivity index (χ0v) is 21.1. The molecule has 1 aromatic heterocycles. The fraction of sp³-hybridized carbons (Fsp3) is 0.435. The Labute approximate surface area is 215 Å². The van der Waals surface area contributed by atoms with Crippen LogP contribution in [0.1, 0.15) is 53.6 Å². The molecule has 1 aromatic carbocycles. The molecule has 1 amide bonds. The van der Waals surface area contributed by atoms with Crippen molar-refractivity contribution in [1.29, 1.82) is 0 Å². The Kier molecular flexibility index (Phi) is 9.26. The number of rotatable bonds is 11. The highest BCUT2D eigenvalue weighted by molar-refractivity contribution is 8.18. The van der Waals surface area contributed by atoms with Gasteiger partial charge in [0.1, 0.15) is 11.9 Å². The molecule has 194 valence electrons. The van der Waals surface area contributed by atoms with Crippen LogP contribution in [0.25, 0.3) is 0 Å². The topological polar surface area (TPSA) is 201 Å². The minimum atomic E-state index is -1.29. The number of carboxylic acid groups (broad SMARTS) is 2. The lowest BCUT2D eigenvalue weighted by atomic mass is 10.0. The van der Waals surface area contributed by atoms with Crippen molar-refractivity contribution in [1.82, 2.24) is 15.3 Å². The second-order valence-electron chi connectivity index (χ2n) is 8.35. The van der Waals surface area contributed by atoms with Gasteiger partial charge in [-0.15, -0.1) is 23.5 Å². The first-order chi connectivity index (χ1) is 17.1. The van der Waals surface area contributed by atoms with Crippen LogP contribution >= 0.6 is 23.5 Å². The van der Waals surface area contributed by atoms with Gasteiger partial charge in [-0.1, -0.05) is 12.1 Å². The van der Waals surface area contributed by atoms with Crippen molar-refractivity contribution >= 4 is 53.1 Å². The molecule has 0 unspecified atom stereocenters. The molecule has 8 N–H and O–H groups in total. The fourth-order valence-corrected chi connectivity index (χ4v) is 7.38. The van der Waals surface area contributed by atoms with Crippen LogP contribution in [0.3, 0.4) is 0 Å². The number of nitrogens with two attached hydrogens (primary N) is 2. The molecule has 1 fully saturated rings. The molecule has 0 saturated carbocycles. The number of hydrogen-bond donors (Lipinski definition) is 6. The highest BCUT2D eigenvalue weighted by Crippen LogP contribution is 2.53. The summed E-state index contributed by atoms with van der Waals surface area (Å²) in [5.74, 6) is -0.929. The first-order valence-corrected chi connectivity index (χ1v) is 13.4. The SMILES string of the molecule is Nc1nc(N)c(CCCC2(c3ccc(C(=O)N[C@@H](CCC(=O)O)C(=O)O)cc3)SCCCS2)c(=O)[nH]1. The molecule has 0 bridgehead atoms. The van der Waals surface area contributed by atoms with Crippen LogP contribution in [-0.4, -0.2) is 55.6 Å². The van der Waals surface area contributed by atoms with Crippen molar-refractivity contribution in [3.63, 3.8) is 0 Å². The number of nitrogen functional groups attached to an aromatic ring is 2. The van der Waals surface area contributed by atoms with Gasteiger partial charge in [-0.05, 0) is 61.3 Å². The Morgan fingerprint density at radius 3 is 2.39 bits per heavy atom. The van der Waals surface area contributed by atoms with E-state index in [1.165, 1.54) is 0 Å². The molecule has 1 aliphatic rings. The number of carbonyl (C=O) groups excluding carboxylic acids is 1. The smallest absolute Gasteiger partial charge is 0.326 e. The summed E-state index contributed by atoms with van der Waals surface area (Å²) in [7, 11) is 0. The lowest BCUT2D eigenvalue weighted by Crippen LogP contribution is -2.41. The highest BCUT2D eigenvalue weighted by Gasteiger charge is 2.35. The lowest BCUT2D eigenvalue weighted by Gasteiger charge is -2.37. The number of nitrogens with zero attached hydrogens (tertiary/aromatic N) is 1. The zero-order valence-electron chi connectivity index (χ0n) is 19.5. The number of benzene rings is 1. The van der Waals surface area contributed by atoms with E-state index >= 15 is 0 Å². The summed E-state index contributed by atoms with van der Waals surface area (Å²) in [4.78, 5) is 53.4. The van der Waals surface area contributed by atoms with Crippen LogP contribution in [-0.2, 0) is 20.1 Å². The Balaban J connectivity index is 1.71. The van der Waals surface area contributed by atoms with Crippen molar-refractivity contribution in [3.05, 3.63) is 51.3 Å². The molecule has 0 radical (unpaired) electrons. The lowest BCUT2D eigenvalue weighted by molar-refractivity contribution is -0.140. The first-order valence-electron chi connectivity index (χ1n) is 11.4. The highest BCUT2D eigenvalue weighted by atomic mass is 32.2. The monoisotopic (exact) mass is 535 g/mol. The van der Waals surface area contributed by atoms with Gasteiger partial charge in [0.15, 0.2) is 0 Å². The molecule has 13 heteroatoms. The van der Waals surface area contributed by atoms with Gasteiger partial charge < -0.3 is 27.0 Å². The Bertz CT molecular complexity index is 1160. The summed E-state index contributed by atoms with van der Waals surface area (Å²) in [6.07, 6.45) is 2.40. The molecule has 0 aliphatic carbocycles. The molecule has 1 atom stereocenters. The number of carbonyl (C=O) groups is 3. The van der Waals surface area contributed by atoms with E-state index < -0.39 is 23.9 Å². The maximum atomic E-state index is 12.6. The Hall–Kier alpha value is -3.19. The van der Waals surface area contributed by atoms with Crippen LogP contribution in [0.5, 0.6) is 0 Å². The van der Waals surface area contributed by atoms with E-state index in [0.29, 0.717) is 18.4 Å². The minimum Gasteiger partial charge on any atom is -0.481 e. The zero-order chi connectivity index (χ0) is 26.3. The fourth-order valence-electron chi connectivity index (χ4n) is 3.95.